The monoisotopic (exact) mass is 486 g/mol. The molecule has 0 unspecified atom stereocenters. The van der Waals surface area contributed by atoms with Crippen molar-refractivity contribution in [3.05, 3.63) is 46.6 Å². The molecular formula is C29H42O6. The van der Waals surface area contributed by atoms with Crippen LogP contribution in [-0.2, 0) is 23.8 Å². The van der Waals surface area contributed by atoms with Gasteiger partial charge in [0.2, 0.25) is 0 Å². The lowest BCUT2D eigenvalue weighted by Gasteiger charge is -2.58. The maximum atomic E-state index is 12.6. The van der Waals surface area contributed by atoms with Gasteiger partial charge in [0.1, 0.15) is 5.60 Å². The topological polar surface area (TPSA) is 82.1 Å². The quantitative estimate of drug-likeness (QED) is 0.394. The van der Waals surface area contributed by atoms with Crippen molar-refractivity contribution in [1.29, 1.82) is 0 Å². The fourth-order valence-corrected chi connectivity index (χ4v) is 5.91. The van der Waals surface area contributed by atoms with Gasteiger partial charge in [-0.3, -0.25) is 9.59 Å². The van der Waals surface area contributed by atoms with E-state index in [9.17, 15) is 14.7 Å². The number of allylic oxidation sites excluding steroid dienone is 4. The van der Waals surface area contributed by atoms with Gasteiger partial charge in [-0.05, 0) is 77.7 Å². The molecule has 1 fully saturated rings. The zero-order chi connectivity index (χ0) is 26.2. The van der Waals surface area contributed by atoms with Crippen LogP contribution in [-0.4, -0.2) is 46.6 Å². The normalized spacial score (nSPS) is 37.3. The molecule has 2 aliphatic heterocycles. The zero-order valence-electron chi connectivity index (χ0n) is 22.6. The fraction of sp³-hybridized carbons (Fsp3) is 0.655. The number of ketones is 1. The van der Waals surface area contributed by atoms with Crippen LogP contribution in [0, 0.1) is 5.41 Å². The fourth-order valence-electron chi connectivity index (χ4n) is 5.91. The maximum Gasteiger partial charge on any atom is 0.303 e. The van der Waals surface area contributed by atoms with E-state index in [-0.39, 0.29) is 37.3 Å². The highest BCUT2D eigenvalue weighted by atomic mass is 16.7. The molecule has 194 valence electrons. The number of carbonyl (C=O) groups is 2. The van der Waals surface area contributed by atoms with E-state index in [1.165, 1.54) is 18.1 Å². The smallest absolute Gasteiger partial charge is 0.303 e. The minimum atomic E-state index is -1.21. The van der Waals surface area contributed by atoms with Crippen LogP contribution in [0.25, 0.3) is 0 Å². The standard InChI is InChI=1S/C29H42O6/c1-19(2)10-9-11-20(3)12-24-15-26(6,33-22(5)31)18-29(34-24)14-23(17-30)27(7)16-25(32)21(4)13-28(27,8)35-29/h10,12-14,24,30H,9,11,15-18H2,1-8H3/b20-12+/t24-,26-,27-,28-,29-/m1/s1. The second-order valence-corrected chi connectivity index (χ2v) is 11.5. The number of hydrogen-bond donors (Lipinski definition) is 1. The summed E-state index contributed by atoms with van der Waals surface area (Å²) in [5, 5.41) is 10.4. The van der Waals surface area contributed by atoms with E-state index in [2.05, 4.69) is 32.9 Å². The van der Waals surface area contributed by atoms with Crippen molar-refractivity contribution in [2.75, 3.05) is 6.61 Å². The Kier molecular flexibility index (Phi) is 7.71. The summed E-state index contributed by atoms with van der Waals surface area (Å²) in [6.07, 6.45) is 10.5. The third-order valence-corrected chi connectivity index (χ3v) is 7.76. The summed E-state index contributed by atoms with van der Waals surface area (Å²) in [5.74, 6) is -1.52. The molecule has 0 aromatic rings. The Morgan fingerprint density at radius 3 is 2.49 bits per heavy atom. The lowest BCUT2D eigenvalue weighted by atomic mass is 9.60. The Balaban J connectivity index is 2.04. The van der Waals surface area contributed by atoms with Crippen LogP contribution in [0.3, 0.4) is 0 Å². The van der Waals surface area contributed by atoms with Crippen LogP contribution in [0.4, 0.5) is 0 Å². The van der Waals surface area contributed by atoms with Crippen molar-refractivity contribution in [3.63, 3.8) is 0 Å². The molecule has 1 aliphatic carbocycles. The van der Waals surface area contributed by atoms with Gasteiger partial charge in [-0.25, -0.2) is 0 Å². The van der Waals surface area contributed by atoms with Gasteiger partial charge in [-0.1, -0.05) is 30.2 Å². The number of fused-ring (bicyclic) bond motifs is 1. The third-order valence-electron chi connectivity index (χ3n) is 7.76. The third kappa shape index (κ3) is 5.71. The summed E-state index contributed by atoms with van der Waals surface area (Å²) >= 11 is 0. The van der Waals surface area contributed by atoms with E-state index < -0.39 is 22.4 Å². The van der Waals surface area contributed by atoms with Crippen LogP contribution in [0.1, 0.15) is 87.5 Å². The molecule has 6 nitrogen and oxygen atoms in total. The van der Waals surface area contributed by atoms with Gasteiger partial charge in [-0.15, -0.1) is 0 Å². The molecule has 1 spiro atoms. The minimum Gasteiger partial charge on any atom is -0.459 e. The average molecular weight is 487 g/mol. The molecule has 1 saturated heterocycles. The number of aliphatic hydroxyl groups is 1. The molecule has 1 N–H and O–H groups in total. The summed E-state index contributed by atoms with van der Waals surface area (Å²) in [6, 6.07) is 0. The van der Waals surface area contributed by atoms with Crippen molar-refractivity contribution < 1.29 is 28.9 Å². The van der Waals surface area contributed by atoms with Gasteiger partial charge < -0.3 is 19.3 Å². The number of rotatable bonds is 6. The number of Topliss-reactive ketones (excluding diaryl/α,β-unsaturated/α-hetero) is 1. The van der Waals surface area contributed by atoms with Crippen molar-refractivity contribution >= 4 is 11.8 Å². The Morgan fingerprint density at radius 2 is 1.89 bits per heavy atom. The van der Waals surface area contributed by atoms with E-state index in [1.807, 2.05) is 32.9 Å². The first-order chi connectivity index (χ1) is 16.1. The van der Waals surface area contributed by atoms with Gasteiger partial charge >= 0.3 is 5.97 Å². The molecule has 2 heterocycles. The first-order valence-corrected chi connectivity index (χ1v) is 12.6. The summed E-state index contributed by atoms with van der Waals surface area (Å²) in [7, 11) is 0. The first kappa shape index (κ1) is 27.6. The molecule has 0 radical (unpaired) electrons. The summed E-state index contributed by atoms with van der Waals surface area (Å²) in [6.45, 7) is 15.1. The SMILES string of the molecule is CC(=O)O[C@]1(C)C[C@@H](/C=C(\C)CCC=C(C)C)O[C@@]2(C=C(CO)[C@@]3(C)CC(=O)C(C)=C[C@@]3(C)O2)C1. The molecule has 0 amide bonds. The van der Waals surface area contributed by atoms with Crippen LogP contribution in [0.2, 0.25) is 0 Å². The molecule has 0 saturated carbocycles. The molecule has 3 rings (SSSR count). The Morgan fingerprint density at radius 1 is 1.20 bits per heavy atom. The first-order valence-electron chi connectivity index (χ1n) is 12.6. The molecule has 6 heteroatoms. The van der Waals surface area contributed by atoms with E-state index in [1.54, 1.807) is 6.92 Å². The van der Waals surface area contributed by atoms with Gasteiger partial charge in [0.05, 0.1) is 18.3 Å². The largest absolute Gasteiger partial charge is 0.459 e. The highest BCUT2D eigenvalue weighted by Crippen LogP contribution is 2.57. The number of carbonyl (C=O) groups excluding carboxylic acids is 2. The molecule has 35 heavy (non-hydrogen) atoms. The van der Waals surface area contributed by atoms with E-state index in [0.717, 1.165) is 12.8 Å². The number of hydrogen-bond acceptors (Lipinski definition) is 6. The Hall–Kier alpha value is -2.02. The highest BCUT2D eigenvalue weighted by Gasteiger charge is 2.61. The van der Waals surface area contributed by atoms with Gasteiger partial charge in [-0.2, -0.15) is 0 Å². The van der Waals surface area contributed by atoms with Gasteiger partial charge in [0.15, 0.2) is 11.6 Å². The van der Waals surface area contributed by atoms with Crippen LogP contribution in [0.15, 0.2) is 46.6 Å². The lowest BCUT2D eigenvalue weighted by Crippen LogP contribution is -2.63. The predicted molar refractivity (Wildman–Crippen MR) is 136 cm³/mol. The van der Waals surface area contributed by atoms with Gasteiger partial charge in [0.25, 0.3) is 0 Å². The lowest BCUT2D eigenvalue weighted by molar-refractivity contribution is -0.325. The number of esters is 1. The van der Waals surface area contributed by atoms with E-state index in [4.69, 9.17) is 14.2 Å². The Labute approximate surface area is 210 Å². The second-order valence-electron chi connectivity index (χ2n) is 11.5. The van der Waals surface area contributed by atoms with Crippen LogP contribution in [0.5, 0.6) is 0 Å². The van der Waals surface area contributed by atoms with Crippen molar-refractivity contribution in [2.45, 2.75) is 111 Å². The minimum absolute atomic E-state index is 0.0472. The van der Waals surface area contributed by atoms with Crippen molar-refractivity contribution in [3.8, 4) is 0 Å². The summed E-state index contributed by atoms with van der Waals surface area (Å²) < 4.78 is 19.3. The summed E-state index contributed by atoms with van der Waals surface area (Å²) in [5.41, 5.74) is 1.42. The molecule has 5 atom stereocenters. The predicted octanol–water partition coefficient (Wildman–Crippen LogP) is 5.51. The van der Waals surface area contributed by atoms with Crippen molar-refractivity contribution in [2.24, 2.45) is 5.41 Å². The van der Waals surface area contributed by atoms with Gasteiger partial charge in [0, 0.05) is 31.6 Å². The molecule has 0 aromatic carbocycles. The Bertz CT molecular complexity index is 999. The molecule has 0 aromatic heterocycles. The summed E-state index contributed by atoms with van der Waals surface area (Å²) in [4.78, 5) is 24.7. The number of aliphatic hydroxyl groups excluding tert-OH is 1. The van der Waals surface area contributed by atoms with Crippen LogP contribution < -0.4 is 0 Å². The highest BCUT2D eigenvalue weighted by molar-refractivity contribution is 5.97. The average Bonchev–Trinajstić information content (AvgIpc) is 2.68. The molecular weight excluding hydrogens is 444 g/mol. The van der Waals surface area contributed by atoms with Crippen LogP contribution >= 0.6 is 0 Å². The maximum absolute atomic E-state index is 12.6. The molecule has 3 aliphatic rings. The van der Waals surface area contributed by atoms with Crippen molar-refractivity contribution in [1.82, 2.24) is 0 Å². The van der Waals surface area contributed by atoms with E-state index >= 15 is 0 Å². The second kappa shape index (κ2) is 9.79. The molecule has 0 bridgehead atoms. The van der Waals surface area contributed by atoms with E-state index in [0.29, 0.717) is 17.6 Å². The number of ether oxygens (including phenoxy) is 3. The zero-order valence-corrected chi connectivity index (χ0v) is 22.6.